The number of carbonyl (C=O) groups excluding carboxylic acids is 1. The number of unbranched alkanes of at least 4 members (excludes halogenated alkanes) is 55. The molecule has 0 radical (unpaired) electrons. The lowest BCUT2D eigenvalue weighted by Gasteiger charge is -2.30. The van der Waals surface area contributed by atoms with Gasteiger partial charge in [0, 0.05) is 6.42 Å². The zero-order valence-electron chi connectivity index (χ0n) is 56.2. The predicted molar refractivity (Wildman–Crippen MR) is 358 cm³/mol. The van der Waals surface area contributed by atoms with Gasteiger partial charge in [-0.3, -0.25) is 9.36 Å². The van der Waals surface area contributed by atoms with Crippen molar-refractivity contribution in [2.75, 3.05) is 40.9 Å². The van der Waals surface area contributed by atoms with Gasteiger partial charge in [0.2, 0.25) is 5.91 Å². The number of hydrogen-bond acceptors (Lipinski definition) is 6. The number of allylic oxidation sites excluding steroid dienone is 2. The fourth-order valence-electron chi connectivity index (χ4n) is 11.7. The van der Waals surface area contributed by atoms with Crippen LogP contribution in [0, 0.1) is 0 Å². The maximum absolute atomic E-state index is 13.1. The van der Waals surface area contributed by atoms with Crippen LogP contribution in [0.15, 0.2) is 12.2 Å². The maximum Gasteiger partial charge on any atom is 0.268 e. The van der Waals surface area contributed by atoms with E-state index in [9.17, 15) is 19.4 Å². The molecule has 0 aliphatic heterocycles. The molecule has 0 aliphatic carbocycles. The van der Waals surface area contributed by atoms with Gasteiger partial charge < -0.3 is 28.8 Å². The minimum Gasteiger partial charge on any atom is -0.756 e. The van der Waals surface area contributed by atoms with Crippen molar-refractivity contribution < 1.29 is 32.9 Å². The molecule has 9 heteroatoms. The summed E-state index contributed by atoms with van der Waals surface area (Å²) >= 11 is 0. The van der Waals surface area contributed by atoms with Crippen molar-refractivity contribution in [2.24, 2.45) is 0 Å². The molecular weight excluding hydrogens is 1030 g/mol. The minimum absolute atomic E-state index is 0.0162. The summed E-state index contributed by atoms with van der Waals surface area (Å²) in [6, 6.07) is -0.798. The lowest BCUT2D eigenvalue weighted by atomic mass is 10.0. The van der Waals surface area contributed by atoms with Crippen molar-refractivity contribution in [2.45, 2.75) is 411 Å². The molecule has 0 spiro atoms. The van der Waals surface area contributed by atoms with Crippen LogP contribution < -0.4 is 10.2 Å². The second kappa shape index (κ2) is 64.7. The number of carbonyl (C=O) groups is 1. The molecular formula is C73H147N2O6P. The van der Waals surface area contributed by atoms with Crippen LogP contribution in [0.4, 0.5) is 0 Å². The molecule has 0 bridgehead atoms. The third-order valence-electron chi connectivity index (χ3n) is 17.5. The molecule has 2 N–H and O–H groups in total. The van der Waals surface area contributed by atoms with E-state index in [2.05, 4.69) is 31.3 Å². The molecule has 0 aromatic carbocycles. The molecule has 0 saturated heterocycles. The lowest BCUT2D eigenvalue weighted by Crippen LogP contribution is -2.46. The van der Waals surface area contributed by atoms with Gasteiger partial charge in [0.1, 0.15) is 13.2 Å². The Hall–Kier alpha value is -0.760. The van der Waals surface area contributed by atoms with E-state index >= 15 is 0 Å². The summed E-state index contributed by atoms with van der Waals surface area (Å²) in [6.45, 7) is 4.80. The first kappa shape index (κ1) is 81.2. The van der Waals surface area contributed by atoms with E-state index in [1.807, 2.05) is 21.1 Å². The van der Waals surface area contributed by atoms with E-state index < -0.39 is 20.0 Å². The van der Waals surface area contributed by atoms with Crippen molar-refractivity contribution in [3.63, 3.8) is 0 Å². The number of aliphatic hydroxyl groups is 1. The highest BCUT2D eigenvalue weighted by atomic mass is 31.2. The smallest absolute Gasteiger partial charge is 0.268 e. The molecule has 82 heavy (non-hydrogen) atoms. The molecule has 0 fully saturated rings. The molecule has 3 atom stereocenters. The highest BCUT2D eigenvalue weighted by Gasteiger charge is 2.24. The van der Waals surface area contributed by atoms with Crippen molar-refractivity contribution >= 4 is 13.7 Å². The van der Waals surface area contributed by atoms with Crippen molar-refractivity contribution in [3.05, 3.63) is 12.2 Å². The van der Waals surface area contributed by atoms with Crippen LogP contribution in [0.3, 0.4) is 0 Å². The molecule has 490 valence electrons. The van der Waals surface area contributed by atoms with Crippen LogP contribution in [0.1, 0.15) is 399 Å². The number of likely N-dealkylation sites (N-methyl/N-ethyl adjacent to an activating group) is 1. The van der Waals surface area contributed by atoms with E-state index in [-0.39, 0.29) is 19.1 Å². The quantitative estimate of drug-likeness (QED) is 0.0272. The monoisotopic (exact) mass is 1180 g/mol. The van der Waals surface area contributed by atoms with Crippen LogP contribution >= 0.6 is 7.82 Å². The van der Waals surface area contributed by atoms with Gasteiger partial charge >= 0.3 is 0 Å². The maximum atomic E-state index is 13.1. The standard InChI is InChI=1S/C73H147N2O6P/c1-6-8-10-12-14-16-18-20-22-24-26-28-30-32-33-34-35-36-37-38-39-40-41-43-45-47-49-51-53-55-57-59-61-63-65-67-73(77)74-71(70-81-82(78,79)80-69-68-75(3,4)5)72(76)66-64-62-60-58-56-54-52-50-48-46-44-42-31-29-27-25-23-21-19-17-15-13-11-9-7-2/h24,26,71-72,76H,6-23,25,27-70H2,1-5H3,(H-,74,77,78,79)/b26-24-. The zero-order valence-corrected chi connectivity index (χ0v) is 57.1. The molecule has 3 unspecified atom stereocenters. The highest BCUT2D eigenvalue weighted by Crippen LogP contribution is 2.38. The van der Waals surface area contributed by atoms with Gasteiger partial charge in [-0.2, -0.15) is 0 Å². The Morgan fingerprint density at radius 3 is 0.951 bits per heavy atom. The number of nitrogens with one attached hydrogen (secondary N) is 1. The lowest BCUT2D eigenvalue weighted by molar-refractivity contribution is -0.870. The van der Waals surface area contributed by atoms with Crippen LogP contribution in [0.25, 0.3) is 0 Å². The average molecular weight is 1180 g/mol. The van der Waals surface area contributed by atoms with Gasteiger partial charge in [-0.1, -0.05) is 366 Å². The van der Waals surface area contributed by atoms with Crippen LogP contribution in [-0.2, 0) is 18.4 Å². The molecule has 8 nitrogen and oxygen atoms in total. The number of rotatable bonds is 70. The first-order chi connectivity index (χ1) is 40.0. The van der Waals surface area contributed by atoms with Gasteiger partial charge in [-0.15, -0.1) is 0 Å². The summed E-state index contributed by atoms with van der Waals surface area (Å²) < 4.78 is 23.6. The van der Waals surface area contributed by atoms with Crippen molar-refractivity contribution in [1.29, 1.82) is 0 Å². The second-order valence-corrected chi connectivity index (χ2v) is 28.4. The summed E-state index contributed by atoms with van der Waals surface area (Å²) in [7, 11) is 1.33. The first-order valence-corrected chi connectivity index (χ1v) is 38.5. The summed E-state index contributed by atoms with van der Waals surface area (Å²) in [5, 5.41) is 14.1. The number of nitrogens with zero attached hydrogens (tertiary/aromatic N) is 1. The fourth-order valence-corrected chi connectivity index (χ4v) is 12.5. The Bertz CT molecular complexity index is 1340. The molecule has 0 heterocycles. The Morgan fingerprint density at radius 1 is 0.415 bits per heavy atom. The fraction of sp³-hybridized carbons (Fsp3) is 0.959. The largest absolute Gasteiger partial charge is 0.756 e. The third-order valence-corrected chi connectivity index (χ3v) is 18.5. The SMILES string of the molecule is CCCCCCCCCC/C=C\CCCCCCCCCCCCCCCCCCCCCCCCCC(=O)NC(COP(=O)([O-])OCC[N+](C)(C)C)C(O)CCCCCCCCCCCCCCCCCCCCCCCCCCC. The van der Waals surface area contributed by atoms with Crippen LogP contribution in [-0.4, -0.2) is 68.5 Å². The third kappa shape index (κ3) is 66.8. The van der Waals surface area contributed by atoms with Gasteiger partial charge in [-0.05, 0) is 38.5 Å². The Morgan fingerprint density at radius 2 is 0.671 bits per heavy atom. The Kier molecular flexibility index (Phi) is 64.1. The molecule has 0 aromatic heterocycles. The van der Waals surface area contributed by atoms with Crippen LogP contribution in [0.5, 0.6) is 0 Å². The van der Waals surface area contributed by atoms with Crippen molar-refractivity contribution in [3.8, 4) is 0 Å². The van der Waals surface area contributed by atoms with Gasteiger partial charge in [0.25, 0.3) is 7.82 Å². The molecule has 0 aliphatic rings. The number of hydrogen-bond donors (Lipinski definition) is 2. The van der Waals surface area contributed by atoms with Gasteiger partial charge in [-0.25, -0.2) is 0 Å². The van der Waals surface area contributed by atoms with E-state index in [0.29, 0.717) is 23.9 Å². The predicted octanol–water partition coefficient (Wildman–Crippen LogP) is 23.0. The van der Waals surface area contributed by atoms with E-state index in [0.717, 1.165) is 38.5 Å². The van der Waals surface area contributed by atoms with Gasteiger partial charge in [0.15, 0.2) is 0 Å². The molecule has 0 rings (SSSR count). The summed E-state index contributed by atoms with van der Waals surface area (Å²) in [6.07, 6.45) is 83.1. The van der Waals surface area contributed by atoms with E-state index in [1.165, 1.54) is 334 Å². The average Bonchev–Trinajstić information content (AvgIpc) is 3.45. The normalized spacial score (nSPS) is 13.6. The summed E-state index contributed by atoms with van der Waals surface area (Å²) in [5.74, 6) is -0.154. The summed E-state index contributed by atoms with van der Waals surface area (Å²) in [4.78, 5) is 25.7. The van der Waals surface area contributed by atoms with Crippen molar-refractivity contribution in [1.82, 2.24) is 5.32 Å². The first-order valence-electron chi connectivity index (χ1n) is 37.0. The van der Waals surface area contributed by atoms with E-state index in [1.54, 1.807) is 0 Å². The van der Waals surface area contributed by atoms with E-state index in [4.69, 9.17) is 9.05 Å². The van der Waals surface area contributed by atoms with Gasteiger partial charge in [0.05, 0.1) is 39.9 Å². The van der Waals surface area contributed by atoms with Crippen LogP contribution in [0.2, 0.25) is 0 Å². The highest BCUT2D eigenvalue weighted by molar-refractivity contribution is 7.45. The second-order valence-electron chi connectivity index (χ2n) is 27.0. The summed E-state index contributed by atoms with van der Waals surface area (Å²) in [5.41, 5.74) is 0. The number of aliphatic hydroxyl groups excluding tert-OH is 1. The Labute approximate surface area is 513 Å². The molecule has 0 saturated carbocycles. The zero-order chi connectivity index (χ0) is 59.8. The molecule has 0 aromatic rings. The number of phosphoric acid groups is 1. The number of phosphoric ester groups is 1. The minimum atomic E-state index is -4.58. The molecule has 1 amide bonds. The Balaban J connectivity index is 3.93. The topological polar surface area (TPSA) is 108 Å². The number of amides is 1. The number of quaternary nitrogens is 1.